The lowest BCUT2D eigenvalue weighted by Gasteiger charge is -2.09. The van der Waals surface area contributed by atoms with E-state index in [1.807, 2.05) is 6.08 Å². The molecule has 0 amide bonds. The van der Waals surface area contributed by atoms with Gasteiger partial charge in [-0.3, -0.25) is 0 Å². The number of aliphatic hydroxyl groups is 1. The Kier molecular flexibility index (Phi) is 11.1. The van der Waals surface area contributed by atoms with Crippen LogP contribution >= 0.6 is 11.8 Å². The second-order valence-electron chi connectivity index (χ2n) is 8.42. The van der Waals surface area contributed by atoms with Crippen molar-refractivity contribution in [1.82, 2.24) is 0 Å². The van der Waals surface area contributed by atoms with Gasteiger partial charge in [0.15, 0.2) is 0 Å². The van der Waals surface area contributed by atoms with Gasteiger partial charge in [-0.1, -0.05) is 121 Å². The summed E-state index contributed by atoms with van der Waals surface area (Å²) < 4.78 is 0. The Morgan fingerprint density at radius 1 is 0.769 bits per heavy atom. The van der Waals surface area contributed by atoms with Gasteiger partial charge < -0.3 is 5.11 Å². The predicted octanol–water partition coefficient (Wildman–Crippen LogP) is 7.94. The first-order valence-corrected chi connectivity index (χ1v) is 12.4. The molecular formula is C24H42OS. The molecule has 0 spiro atoms. The van der Waals surface area contributed by atoms with E-state index in [1.54, 1.807) is 11.8 Å². The summed E-state index contributed by atoms with van der Waals surface area (Å²) in [6, 6.07) is 0. The molecule has 1 nitrogen and oxygen atoms in total. The van der Waals surface area contributed by atoms with Crippen molar-refractivity contribution in [2.24, 2.45) is 0 Å². The van der Waals surface area contributed by atoms with Crippen LogP contribution in [0.3, 0.4) is 0 Å². The van der Waals surface area contributed by atoms with Crippen LogP contribution in [0.1, 0.15) is 116 Å². The molecule has 1 saturated heterocycles. The summed E-state index contributed by atoms with van der Waals surface area (Å²) in [5.41, 5.74) is 1.44. The summed E-state index contributed by atoms with van der Waals surface area (Å²) in [6.07, 6.45) is 30.5. The number of rotatable bonds is 17. The number of unbranched alkanes of at least 4 members (excludes halogenated alkanes) is 15. The zero-order chi connectivity index (χ0) is 18.5. The SMILES string of the molecule is CCCCCCCCCCCCCCCCCCC1=CC2SC2(O)C=C1. The fourth-order valence-corrected chi connectivity index (χ4v) is 4.85. The van der Waals surface area contributed by atoms with Crippen molar-refractivity contribution in [3.05, 3.63) is 23.8 Å². The van der Waals surface area contributed by atoms with Crippen molar-refractivity contribution in [2.45, 2.75) is 126 Å². The second-order valence-corrected chi connectivity index (χ2v) is 9.82. The molecule has 1 aliphatic heterocycles. The van der Waals surface area contributed by atoms with E-state index in [1.165, 1.54) is 115 Å². The summed E-state index contributed by atoms with van der Waals surface area (Å²) >= 11 is 1.66. The van der Waals surface area contributed by atoms with E-state index in [-0.39, 0.29) is 0 Å². The third kappa shape index (κ3) is 9.13. The van der Waals surface area contributed by atoms with E-state index < -0.39 is 4.93 Å². The van der Waals surface area contributed by atoms with Gasteiger partial charge in [-0.25, -0.2) is 0 Å². The summed E-state index contributed by atoms with van der Waals surface area (Å²) in [7, 11) is 0. The molecule has 0 aromatic carbocycles. The summed E-state index contributed by atoms with van der Waals surface area (Å²) in [5, 5.41) is 10.3. The van der Waals surface area contributed by atoms with E-state index in [0.717, 1.165) is 0 Å². The van der Waals surface area contributed by atoms with Gasteiger partial charge in [-0.15, -0.1) is 11.8 Å². The molecule has 2 aliphatic rings. The normalized spacial score (nSPS) is 23.8. The highest BCUT2D eigenvalue weighted by Crippen LogP contribution is 2.55. The molecule has 0 bridgehead atoms. The Morgan fingerprint density at radius 2 is 1.23 bits per heavy atom. The first-order valence-electron chi connectivity index (χ1n) is 11.5. The molecule has 1 aliphatic carbocycles. The lowest BCUT2D eigenvalue weighted by Crippen LogP contribution is -2.11. The second kappa shape index (κ2) is 13.0. The van der Waals surface area contributed by atoms with E-state index in [2.05, 4.69) is 19.1 Å². The van der Waals surface area contributed by atoms with Crippen molar-refractivity contribution in [2.75, 3.05) is 0 Å². The largest absolute Gasteiger partial charge is 0.374 e. The van der Waals surface area contributed by atoms with Gasteiger partial charge >= 0.3 is 0 Å². The van der Waals surface area contributed by atoms with Gasteiger partial charge in [0.25, 0.3) is 0 Å². The molecule has 1 heterocycles. The van der Waals surface area contributed by atoms with Gasteiger partial charge in [-0.2, -0.15) is 0 Å². The first-order chi connectivity index (χ1) is 12.7. The highest BCUT2D eigenvalue weighted by Gasteiger charge is 2.52. The third-order valence-corrected chi connectivity index (χ3v) is 7.15. The van der Waals surface area contributed by atoms with Gasteiger partial charge in [0.1, 0.15) is 4.93 Å². The minimum absolute atomic E-state index is 0.351. The smallest absolute Gasteiger partial charge is 0.145 e. The maximum absolute atomic E-state index is 9.91. The van der Waals surface area contributed by atoms with Crippen LogP contribution in [-0.4, -0.2) is 15.3 Å². The van der Waals surface area contributed by atoms with E-state index in [9.17, 15) is 5.11 Å². The number of hydrogen-bond acceptors (Lipinski definition) is 2. The molecular weight excluding hydrogens is 336 g/mol. The van der Waals surface area contributed by atoms with Crippen molar-refractivity contribution >= 4 is 11.8 Å². The van der Waals surface area contributed by atoms with Crippen molar-refractivity contribution in [1.29, 1.82) is 0 Å². The average molecular weight is 379 g/mol. The zero-order valence-corrected chi connectivity index (χ0v) is 18.0. The van der Waals surface area contributed by atoms with Crippen molar-refractivity contribution < 1.29 is 5.11 Å². The minimum atomic E-state index is -0.530. The molecule has 1 N–H and O–H groups in total. The summed E-state index contributed by atoms with van der Waals surface area (Å²) in [4.78, 5) is -0.530. The minimum Gasteiger partial charge on any atom is -0.374 e. The molecule has 1 fully saturated rings. The fraction of sp³-hybridized carbons (Fsp3) is 0.833. The van der Waals surface area contributed by atoms with Gasteiger partial charge in [0.05, 0.1) is 5.25 Å². The topological polar surface area (TPSA) is 20.2 Å². The number of hydrogen-bond donors (Lipinski definition) is 1. The standard InChI is InChI=1S/C24H42OS/c1-2-3-4-5-6-7-8-9-10-11-12-13-14-15-16-17-18-22-19-20-24(25)23(21-22)26-24/h19-21,23,25H,2-18H2,1H3. The predicted molar refractivity (Wildman–Crippen MR) is 118 cm³/mol. The van der Waals surface area contributed by atoms with Crippen LogP contribution in [0.5, 0.6) is 0 Å². The van der Waals surface area contributed by atoms with E-state index in [4.69, 9.17) is 0 Å². The van der Waals surface area contributed by atoms with Crippen molar-refractivity contribution in [3.8, 4) is 0 Å². The lowest BCUT2D eigenvalue weighted by atomic mass is 9.99. The van der Waals surface area contributed by atoms with E-state index >= 15 is 0 Å². The molecule has 0 aromatic rings. The first kappa shape index (κ1) is 22.1. The molecule has 2 atom stereocenters. The van der Waals surface area contributed by atoms with E-state index in [0.29, 0.717) is 5.25 Å². The molecule has 0 radical (unpaired) electrons. The summed E-state index contributed by atoms with van der Waals surface area (Å²) in [6.45, 7) is 2.29. The molecule has 2 unspecified atom stereocenters. The van der Waals surface area contributed by atoms with Crippen LogP contribution in [0.4, 0.5) is 0 Å². The molecule has 2 rings (SSSR count). The zero-order valence-electron chi connectivity index (χ0n) is 17.2. The Balaban J connectivity index is 1.26. The van der Waals surface area contributed by atoms with Crippen LogP contribution < -0.4 is 0 Å². The number of allylic oxidation sites excluding steroid dienone is 2. The van der Waals surface area contributed by atoms with Gasteiger partial charge in [0.2, 0.25) is 0 Å². The maximum Gasteiger partial charge on any atom is 0.145 e. The number of fused-ring (bicyclic) bond motifs is 1. The Morgan fingerprint density at radius 3 is 1.69 bits per heavy atom. The lowest BCUT2D eigenvalue weighted by molar-refractivity contribution is 0.228. The maximum atomic E-state index is 9.91. The monoisotopic (exact) mass is 378 g/mol. The molecule has 0 saturated carbocycles. The fourth-order valence-electron chi connectivity index (χ4n) is 3.98. The van der Waals surface area contributed by atoms with Crippen LogP contribution in [-0.2, 0) is 0 Å². The average Bonchev–Trinajstić information content (AvgIpc) is 3.32. The van der Waals surface area contributed by atoms with Crippen LogP contribution in [0.25, 0.3) is 0 Å². The van der Waals surface area contributed by atoms with Gasteiger partial charge in [-0.05, 0) is 18.9 Å². The molecule has 150 valence electrons. The Bertz CT molecular complexity index is 428. The molecule has 2 heteroatoms. The Hall–Kier alpha value is -0.210. The number of thioether (sulfide) groups is 1. The van der Waals surface area contributed by atoms with Crippen LogP contribution in [0.2, 0.25) is 0 Å². The van der Waals surface area contributed by atoms with Gasteiger partial charge in [0, 0.05) is 0 Å². The highest BCUT2D eigenvalue weighted by molar-refractivity contribution is 8.08. The van der Waals surface area contributed by atoms with Crippen LogP contribution in [0, 0.1) is 0 Å². The molecule has 0 aromatic heterocycles. The summed E-state index contributed by atoms with van der Waals surface area (Å²) in [5.74, 6) is 0. The molecule has 26 heavy (non-hydrogen) atoms. The highest BCUT2D eigenvalue weighted by atomic mass is 32.2. The quantitative estimate of drug-likeness (QED) is 0.205. The third-order valence-electron chi connectivity index (χ3n) is 5.89. The van der Waals surface area contributed by atoms with Crippen molar-refractivity contribution in [3.63, 3.8) is 0 Å². The van der Waals surface area contributed by atoms with Crippen LogP contribution in [0.15, 0.2) is 23.8 Å². The Labute approximate surface area is 167 Å².